The van der Waals surface area contributed by atoms with Crippen LogP contribution in [0.1, 0.15) is 24.0 Å². The fourth-order valence-corrected chi connectivity index (χ4v) is 4.16. The third-order valence-electron chi connectivity index (χ3n) is 5.51. The van der Waals surface area contributed by atoms with Crippen LogP contribution in [-0.4, -0.2) is 36.9 Å². The molecule has 1 atom stereocenters. The number of hydrogen-bond acceptors (Lipinski definition) is 2. The van der Waals surface area contributed by atoms with Crippen molar-refractivity contribution in [2.45, 2.75) is 38.0 Å². The smallest absolute Gasteiger partial charge is 0.157 e. The first-order chi connectivity index (χ1) is 11.8. The maximum absolute atomic E-state index is 14.6. The number of para-hydroxylation sites is 1. The van der Waals surface area contributed by atoms with Gasteiger partial charge in [-0.3, -0.25) is 4.90 Å². The van der Waals surface area contributed by atoms with Crippen LogP contribution in [0.3, 0.4) is 0 Å². The Morgan fingerprint density at radius 3 is 2.42 bits per heavy atom. The van der Waals surface area contributed by atoms with Gasteiger partial charge in [0.05, 0.1) is 0 Å². The van der Waals surface area contributed by atoms with Crippen molar-refractivity contribution >= 4 is 5.69 Å². The molecule has 0 spiro atoms. The van der Waals surface area contributed by atoms with Gasteiger partial charge in [-0.1, -0.05) is 48.5 Å². The third-order valence-corrected chi connectivity index (χ3v) is 5.51. The Bertz CT molecular complexity index is 665. The van der Waals surface area contributed by atoms with E-state index in [2.05, 4.69) is 29.2 Å². The number of hydrogen-bond donors (Lipinski definition) is 0. The number of benzene rings is 2. The van der Waals surface area contributed by atoms with Crippen LogP contribution in [0.2, 0.25) is 0 Å². The van der Waals surface area contributed by atoms with Gasteiger partial charge in [0.15, 0.2) is 6.30 Å². The first kappa shape index (κ1) is 15.6. The molecule has 1 saturated heterocycles. The Labute approximate surface area is 143 Å². The van der Waals surface area contributed by atoms with Crippen molar-refractivity contribution in [2.75, 3.05) is 24.5 Å². The van der Waals surface area contributed by atoms with Crippen molar-refractivity contribution < 1.29 is 4.39 Å². The summed E-state index contributed by atoms with van der Waals surface area (Å²) in [5.41, 5.74) is 3.95. The zero-order chi connectivity index (χ0) is 16.4. The number of anilines is 1. The number of halogens is 1. The highest BCUT2D eigenvalue weighted by Gasteiger charge is 2.31. The number of nitrogens with zero attached hydrogens (tertiary/aromatic N) is 2. The average molecular weight is 324 g/mol. The summed E-state index contributed by atoms with van der Waals surface area (Å²) in [5.74, 6) is 0. The molecule has 2 heterocycles. The van der Waals surface area contributed by atoms with Gasteiger partial charge >= 0.3 is 0 Å². The SMILES string of the molecule is FC(Cc1ccccc1)N1CCC(N2CCc3ccccc32)CC1. The minimum Gasteiger partial charge on any atom is -0.368 e. The summed E-state index contributed by atoms with van der Waals surface area (Å²) >= 11 is 0. The summed E-state index contributed by atoms with van der Waals surface area (Å²) in [6, 6.07) is 19.3. The highest BCUT2D eigenvalue weighted by molar-refractivity contribution is 5.58. The van der Waals surface area contributed by atoms with Gasteiger partial charge in [-0.25, -0.2) is 4.39 Å². The highest BCUT2D eigenvalue weighted by atomic mass is 19.1. The molecule has 2 aromatic rings. The van der Waals surface area contributed by atoms with Crippen LogP contribution < -0.4 is 4.90 Å². The van der Waals surface area contributed by atoms with Crippen molar-refractivity contribution in [3.63, 3.8) is 0 Å². The zero-order valence-electron chi connectivity index (χ0n) is 14.1. The van der Waals surface area contributed by atoms with Gasteiger partial charge < -0.3 is 4.90 Å². The molecule has 2 nitrogen and oxygen atoms in total. The Hall–Kier alpha value is -1.87. The molecule has 0 bridgehead atoms. The molecular weight excluding hydrogens is 299 g/mol. The largest absolute Gasteiger partial charge is 0.368 e. The second-order valence-corrected chi connectivity index (χ2v) is 6.96. The summed E-state index contributed by atoms with van der Waals surface area (Å²) < 4.78 is 14.6. The summed E-state index contributed by atoms with van der Waals surface area (Å²) in [4.78, 5) is 4.57. The molecule has 4 rings (SSSR count). The van der Waals surface area contributed by atoms with Crippen LogP contribution in [0, 0.1) is 0 Å². The second kappa shape index (κ2) is 6.94. The molecule has 126 valence electrons. The monoisotopic (exact) mass is 324 g/mol. The van der Waals surface area contributed by atoms with Gasteiger partial charge in [-0.2, -0.15) is 0 Å². The maximum atomic E-state index is 14.6. The summed E-state index contributed by atoms with van der Waals surface area (Å²) in [5, 5.41) is 0. The predicted molar refractivity (Wildman–Crippen MR) is 97.1 cm³/mol. The van der Waals surface area contributed by atoms with Gasteiger partial charge in [0.1, 0.15) is 0 Å². The second-order valence-electron chi connectivity index (χ2n) is 6.96. The van der Waals surface area contributed by atoms with Crippen molar-refractivity contribution in [2.24, 2.45) is 0 Å². The molecular formula is C21H25FN2. The van der Waals surface area contributed by atoms with E-state index in [9.17, 15) is 4.39 Å². The number of rotatable bonds is 4. The lowest BCUT2D eigenvalue weighted by molar-refractivity contribution is 0.0585. The molecule has 24 heavy (non-hydrogen) atoms. The molecule has 1 unspecified atom stereocenters. The number of alkyl halides is 1. The summed E-state index contributed by atoms with van der Waals surface area (Å²) in [7, 11) is 0. The molecule has 2 aliphatic rings. The van der Waals surface area contributed by atoms with Gasteiger partial charge in [0, 0.05) is 37.8 Å². The lowest BCUT2D eigenvalue weighted by atomic mass is 10.0. The molecule has 2 aliphatic heterocycles. The van der Waals surface area contributed by atoms with Crippen molar-refractivity contribution in [1.29, 1.82) is 0 Å². The topological polar surface area (TPSA) is 6.48 Å². The molecule has 0 saturated carbocycles. The van der Waals surface area contributed by atoms with E-state index in [4.69, 9.17) is 0 Å². The fourth-order valence-electron chi connectivity index (χ4n) is 4.16. The molecule has 0 radical (unpaired) electrons. The highest BCUT2D eigenvalue weighted by Crippen LogP contribution is 2.32. The average Bonchev–Trinajstić information content (AvgIpc) is 3.07. The van der Waals surface area contributed by atoms with E-state index in [-0.39, 0.29) is 0 Å². The number of fused-ring (bicyclic) bond motifs is 1. The van der Waals surface area contributed by atoms with Crippen LogP contribution in [-0.2, 0) is 12.8 Å². The Morgan fingerprint density at radius 1 is 0.917 bits per heavy atom. The van der Waals surface area contributed by atoms with Crippen molar-refractivity contribution in [3.8, 4) is 0 Å². The van der Waals surface area contributed by atoms with Crippen molar-refractivity contribution in [1.82, 2.24) is 4.90 Å². The Morgan fingerprint density at radius 2 is 1.62 bits per heavy atom. The van der Waals surface area contributed by atoms with Crippen LogP contribution >= 0.6 is 0 Å². The maximum Gasteiger partial charge on any atom is 0.157 e. The van der Waals surface area contributed by atoms with E-state index in [0.29, 0.717) is 12.5 Å². The van der Waals surface area contributed by atoms with Gasteiger partial charge in [0.25, 0.3) is 0 Å². The lowest BCUT2D eigenvalue weighted by Gasteiger charge is -2.39. The van der Waals surface area contributed by atoms with E-state index in [1.54, 1.807) is 0 Å². The quantitative estimate of drug-likeness (QED) is 0.783. The first-order valence-corrected chi connectivity index (χ1v) is 9.08. The van der Waals surface area contributed by atoms with E-state index in [0.717, 1.165) is 44.5 Å². The fraction of sp³-hybridized carbons (Fsp3) is 0.429. The first-order valence-electron chi connectivity index (χ1n) is 9.08. The number of piperidine rings is 1. The minimum atomic E-state index is -0.862. The number of likely N-dealkylation sites (tertiary alicyclic amines) is 1. The van der Waals surface area contributed by atoms with E-state index in [1.165, 1.54) is 11.3 Å². The molecule has 0 amide bonds. The molecule has 3 heteroatoms. The third kappa shape index (κ3) is 3.18. The molecule has 0 aliphatic carbocycles. The summed E-state index contributed by atoms with van der Waals surface area (Å²) in [6.45, 7) is 2.84. The van der Waals surface area contributed by atoms with Gasteiger partial charge in [-0.15, -0.1) is 0 Å². The van der Waals surface area contributed by atoms with Crippen molar-refractivity contribution in [3.05, 3.63) is 65.7 Å². The van der Waals surface area contributed by atoms with E-state index in [1.807, 2.05) is 35.2 Å². The Kier molecular flexibility index (Phi) is 4.52. The molecule has 0 N–H and O–H groups in total. The van der Waals surface area contributed by atoms with Crippen LogP contribution in [0.15, 0.2) is 54.6 Å². The lowest BCUT2D eigenvalue weighted by Crippen LogP contribution is -2.47. The standard InChI is InChI=1S/C21H25FN2/c22-21(16-17-6-2-1-3-7-17)23-13-11-19(12-14-23)24-15-10-18-8-4-5-9-20(18)24/h1-9,19,21H,10-16H2. The van der Waals surface area contributed by atoms with E-state index >= 15 is 0 Å². The van der Waals surface area contributed by atoms with Crippen LogP contribution in [0.5, 0.6) is 0 Å². The van der Waals surface area contributed by atoms with E-state index < -0.39 is 6.30 Å². The van der Waals surface area contributed by atoms with Gasteiger partial charge in [0.2, 0.25) is 0 Å². The van der Waals surface area contributed by atoms with Crippen LogP contribution in [0.4, 0.5) is 10.1 Å². The van der Waals surface area contributed by atoms with Crippen LogP contribution in [0.25, 0.3) is 0 Å². The van der Waals surface area contributed by atoms with Gasteiger partial charge in [-0.05, 0) is 36.5 Å². The Balaban J connectivity index is 1.34. The normalized spacial score (nSPS) is 20.1. The molecule has 0 aromatic heterocycles. The minimum absolute atomic E-state index is 0.498. The zero-order valence-corrected chi connectivity index (χ0v) is 14.1. The molecule has 1 fully saturated rings. The summed E-state index contributed by atoms with van der Waals surface area (Å²) in [6.07, 6.45) is 2.90. The molecule has 2 aromatic carbocycles. The predicted octanol–water partition coefficient (Wildman–Crippen LogP) is 4.05.